The third-order valence-electron chi connectivity index (χ3n) is 3.44. The summed E-state index contributed by atoms with van der Waals surface area (Å²) in [5.41, 5.74) is 1.23. The normalized spacial score (nSPS) is 23.6. The molecule has 0 amide bonds. The van der Waals surface area contributed by atoms with E-state index in [1.807, 2.05) is 19.1 Å². The van der Waals surface area contributed by atoms with E-state index >= 15 is 0 Å². The van der Waals surface area contributed by atoms with E-state index in [0.717, 1.165) is 25.0 Å². The molecule has 2 unspecified atom stereocenters. The summed E-state index contributed by atoms with van der Waals surface area (Å²) in [6.07, 6.45) is 2.54. The molecule has 0 radical (unpaired) electrons. The van der Waals surface area contributed by atoms with Crippen LogP contribution >= 0.6 is 0 Å². The second-order valence-electron chi connectivity index (χ2n) is 4.55. The third-order valence-corrected chi connectivity index (χ3v) is 3.44. The topological polar surface area (TPSA) is 46.5 Å². The van der Waals surface area contributed by atoms with Gasteiger partial charge in [0.1, 0.15) is 5.75 Å². The van der Waals surface area contributed by atoms with E-state index in [1.54, 1.807) is 0 Å². The lowest BCUT2D eigenvalue weighted by Crippen LogP contribution is -2.09. The Hall–Kier alpha value is -1.51. The minimum atomic E-state index is -0.654. The van der Waals surface area contributed by atoms with Crippen LogP contribution in [-0.4, -0.2) is 17.7 Å². The first-order valence-electron chi connectivity index (χ1n) is 6.16. The number of hydrogen-bond donors (Lipinski definition) is 1. The van der Waals surface area contributed by atoms with Crippen LogP contribution < -0.4 is 4.74 Å². The number of hydrogen-bond acceptors (Lipinski definition) is 2. The zero-order chi connectivity index (χ0) is 12.3. The summed E-state index contributed by atoms with van der Waals surface area (Å²) in [7, 11) is 0. The van der Waals surface area contributed by atoms with Crippen molar-refractivity contribution in [2.45, 2.75) is 32.1 Å². The molecule has 3 heteroatoms. The fraction of sp³-hybridized carbons (Fsp3) is 0.500. The van der Waals surface area contributed by atoms with Crippen LogP contribution in [0.4, 0.5) is 0 Å². The Bertz CT molecular complexity index is 383. The van der Waals surface area contributed by atoms with Crippen molar-refractivity contribution in [1.29, 1.82) is 0 Å². The molecule has 1 aliphatic carbocycles. The molecular weight excluding hydrogens is 216 g/mol. The minimum Gasteiger partial charge on any atom is -0.494 e. The number of rotatable bonds is 4. The molecule has 17 heavy (non-hydrogen) atoms. The smallest absolute Gasteiger partial charge is 0.306 e. The molecule has 1 aromatic rings. The molecular formula is C14H18O3. The Morgan fingerprint density at radius 2 is 2.06 bits per heavy atom. The van der Waals surface area contributed by atoms with E-state index in [2.05, 4.69) is 12.1 Å². The quantitative estimate of drug-likeness (QED) is 0.871. The highest BCUT2D eigenvalue weighted by atomic mass is 16.5. The van der Waals surface area contributed by atoms with E-state index < -0.39 is 5.97 Å². The molecule has 0 aromatic heterocycles. The second kappa shape index (κ2) is 5.21. The molecule has 92 valence electrons. The predicted molar refractivity (Wildman–Crippen MR) is 65.3 cm³/mol. The van der Waals surface area contributed by atoms with E-state index in [0.29, 0.717) is 12.5 Å². The molecule has 2 rings (SSSR count). The predicted octanol–water partition coefficient (Wildman–Crippen LogP) is 3.05. The molecule has 0 aliphatic heterocycles. The zero-order valence-electron chi connectivity index (χ0n) is 10.1. The molecule has 0 spiro atoms. The fourth-order valence-electron chi connectivity index (χ4n) is 2.51. The maximum absolute atomic E-state index is 10.9. The SMILES string of the molecule is CCOc1ccc(C2CCC(C(=O)O)C2)cc1. The standard InChI is InChI=1S/C14H18O3/c1-2-17-13-7-5-10(6-8-13)11-3-4-12(9-11)14(15)16/h5-8,11-12H,2-4,9H2,1H3,(H,15,16). The van der Waals surface area contributed by atoms with Gasteiger partial charge in [-0.25, -0.2) is 0 Å². The van der Waals surface area contributed by atoms with Crippen molar-refractivity contribution in [2.24, 2.45) is 5.92 Å². The van der Waals surface area contributed by atoms with Gasteiger partial charge >= 0.3 is 5.97 Å². The fourth-order valence-corrected chi connectivity index (χ4v) is 2.51. The van der Waals surface area contributed by atoms with Crippen LogP contribution in [0, 0.1) is 5.92 Å². The molecule has 0 saturated heterocycles. The van der Waals surface area contributed by atoms with Crippen LogP contribution in [-0.2, 0) is 4.79 Å². The van der Waals surface area contributed by atoms with Gasteiger partial charge in [0.05, 0.1) is 12.5 Å². The zero-order valence-corrected chi connectivity index (χ0v) is 10.1. The van der Waals surface area contributed by atoms with Crippen molar-refractivity contribution in [3.05, 3.63) is 29.8 Å². The van der Waals surface area contributed by atoms with Crippen molar-refractivity contribution < 1.29 is 14.6 Å². The second-order valence-corrected chi connectivity index (χ2v) is 4.55. The molecule has 1 aromatic carbocycles. The van der Waals surface area contributed by atoms with Crippen LogP contribution in [0.15, 0.2) is 24.3 Å². The highest BCUT2D eigenvalue weighted by Gasteiger charge is 2.30. The highest BCUT2D eigenvalue weighted by molar-refractivity contribution is 5.70. The van der Waals surface area contributed by atoms with Crippen molar-refractivity contribution in [2.75, 3.05) is 6.61 Å². The third kappa shape index (κ3) is 2.78. The van der Waals surface area contributed by atoms with Gasteiger partial charge in [-0.1, -0.05) is 12.1 Å². The summed E-state index contributed by atoms with van der Waals surface area (Å²) in [5, 5.41) is 8.97. The van der Waals surface area contributed by atoms with Gasteiger partial charge in [-0.05, 0) is 49.8 Å². The maximum atomic E-state index is 10.9. The Morgan fingerprint density at radius 1 is 1.35 bits per heavy atom. The van der Waals surface area contributed by atoms with E-state index in [4.69, 9.17) is 9.84 Å². The largest absolute Gasteiger partial charge is 0.494 e. The van der Waals surface area contributed by atoms with Gasteiger partial charge in [0.15, 0.2) is 0 Å². The number of ether oxygens (including phenoxy) is 1. The number of carboxylic acids is 1. The average Bonchev–Trinajstić information content (AvgIpc) is 2.80. The van der Waals surface area contributed by atoms with Gasteiger partial charge in [0, 0.05) is 0 Å². The van der Waals surface area contributed by atoms with Gasteiger partial charge < -0.3 is 9.84 Å². The minimum absolute atomic E-state index is 0.161. The first-order valence-corrected chi connectivity index (χ1v) is 6.16. The van der Waals surface area contributed by atoms with Crippen molar-refractivity contribution in [3.63, 3.8) is 0 Å². The lowest BCUT2D eigenvalue weighted by atomic mass is 9.96. The Balaban J connectivity index is 2.01. The molecule has 3 nitrogen and oxygen atoms in total. The van der Waals surface area contributed by atoms with Crippen molar-refractivity contribution in [3.8, 4) is 5.75 Å². The van der Waals surface area contributed by atoms with Crippen LogP contribution in [0.25, 0.3) is 0 Å². The lowest BCUT2D eigenvalue weighted by molar-refractivity contribution is -0.141. The van der Waals surface area contributed by atoms with Crippen LogP contribution in [0.1, 0.15) is 37.7 Å². The molecule has 1 fully saturated rings. The number of benzene rings is 1. The van der Waals surface area contributed by atoms with Gasteiger partial charge in [-0.3, -0.25) is 4.79 Å². The van der Waals surface area contributed by atoms with Crippen molar-refractivity contribution in [1.82, 2.24) is 0 Å². The maximum Gasteiger partial charge on any atom is 0.306 e. The van der Waals surface area contributed by atoms with Gasteiger partial charge in [0.25, 0.3) is 0 Å². The number of carbonyl (C=O) groups is 1. The summed E-state index contributed by atoms with van der Waals surface area (Å²) >= 11 is 0. The molecule has 1 saturated carbocycles. The average molecular weight is 234 g/mol. The monoisotopic (exact) mass is 234 g/mol. The summed E-state index contributed by atoms with van der Waals surface area (Å²) in [4.78, 5) is 10.9. The van der Waals surface area contributed by atoms with Gasteiger partial charge in [0.2, 0.25) is 0 Å². The van der Waals surface area contributed by atoms with E-state index in [-0.39, 0.29) is 5.92 Å². The molecule has 1 N–H and O–H groups in total. The van der Waals surface area contributed by atoms with Crippen molar-refractivity contribution >= 4 is 5.97 Å². The Morgan fingerprint density at radius 3 is 2.59 bits per heavy atom. The molecule has 0 bridgehead atoms. The molecule has 1 aliphatic rings. The molecule has 0 heterocycles. The summed E-state index contributed by atoms with van der Waals surface area (Å²) in [6, 6.07) is 8.04. The first-order chi connectivity index (χ1) is 8.20. The number of aliphatic carboxylic acids is 1. The summed E-state index contributed by atoms with van der Waals surface area (Å²) in [6.45, 7) is 2.63. The Kier molecular flexibility index (Phi) is 3.67. The van der Waals surface area contributed by atoms with E-state index in [9.17, 15) is 4.79 Å². The van der Waals surface area contributed by atoms with E-state index in [1.165, 1.54) is 5.56 Å². The summed E-state index contributed by atoms with van der Waals surface area (Å²) < 4.78 is 5.39. The van der Waals surface area contributed by atoms with Gasteiger partial charge in [-0.15, -0.1) is 0 Å². The Labute approximate surface area is 101 Å². The lowest BCUT2D eigenvalue weighted by Gasteiger charge is -2.11. The highest BCUT2D eigenvalue weighted by Crippen LogP contribution is 2.38. The number of carboxylic acid groups (broad SMARTS) is 1. The van der Waals surface area contributed by atoms with Crippen LogP contribution in [0.3, 0.4) is 0 Å². The summed E-state index contributed by atoms with van der Waals surface area (Å²) in [5.74, 6) is 0.459. The van der Waals surface area contributed by atoms with Gasteiger partial charge in [-0.2, -0.15) is 0 Å². The van der Waals surface area contributed by atoms with Crippen LogP contribution in [0.5, 0.6) is 5.75 Å². The molecule has 2 atom stereocenters. The first kappa shape index (κ1) is 12.0. The van der Waals surface area contributed by atoms with Crippen LogP contribution in [0.2, 0.25) is 0 Å².